The van der Waals surface area contributed by atoms with Crippen molar-refractivity contribution in [3.05, 3.63) is 65.2 Å². The van der Waals surface area contributed by atoms with Gasteiger partial charge in [0.25, 0.3) is 5.91 Å². The van der Waals surface area contributed by atoms with Crippen LogP contribution in [-0.4, -0.2) is 21.7 Å². The van der Waals surface area contributed by atoms with E-state index in [2.05, 4.69) is 18.3 Å². The molecule has 0 bridgehead atoms. The SMILES string of the molecule is CC1CCCCC1NC(=O)/C(C#N)=C\c1cn(-c2ccccc2)nc1-c1cccs1. The van der Waals surface area contributed by atoms with Gasteiger partial charge in [-0.05, 0) is 48.4 Å². The van der Waals surface area contributed by atoms with Gasteiger partial charge in [0, 0.05) is 17.8 Å². The first-order valence-corrected chi connectivity index (χ1v) is 11.2. The molecule has 2 atom stereocenters. The summed E-state index contributed by atoms with van der Waals surface area (Å²) in [5.74, 6) is 0.131. The van der Waals surface area contributed by atoms with Gasteiger partial charge < -0.3 is 5.32 Å². The third-order valence-corrected chi connectivity index (χ3v) is 6.49. The van der Waals surface area contributed by atoms with E-state index in [0.29, 0.717) is 5.92 Å². The highest BCUT2D eigenvalue weighted by atomic mass is 32.1. The van der Waals surface area contributed by atoms with E-state index in [1.165, 1.54) is 6.42 Å². The molecule has 30 heavy (non-hydrogen) atoms. The van der Waals surface area contributed by atoms with E-state index in [9.17, 15) is 10.1 Å². The van der Waals surface area contributed by atoms with Crippen molar-refractivity contribution < 1.29 is 4.79 Å². The van der Waals surface area contributed by atoms with Gasteiger partial charge in [0.1, 0.15) is 17.3 Å². The average Bonchev–Trinajstić information content (AvgIpc) is 3.44. The van der Waals surface area contributed by atoms with E-state index in [4.69, 9.17) is 5.10 Å². The molecule has 1 aromatic carbocycles. The molecule has 152 valence electrons. The number of amides is 1. The van der Waals surface area contributed by atoms with Crippen LogP contribution in [0.4, 0.5) is 0 Å². The molecule has 6 heteroatoms. The Labute approximate surface area is 180 Å². The molecule has 2 aromatic heterocycles. The molecule has 2 heterocycles. The van der Waals surface area contributed by atoms with Crippen molar-refractivity contribution in [3.63, 3.8) is 0 Å². The highest BCUT2D eigenvalue weighted by Gasteiger charge is 2.24. The largest absolute Gasteiger partial charge is 0.348 e. The fourth-order valence-electron chi connectivity index (χ4n) is 3.89. The summed E-state index contributed by atoms with van der Waals surface area (Å²) in [5, 5.41) is 19.5. The summed E-state index contributed by atoms with van der Waals surface area (Å²) in [5.41, 5.74) is 2.55. The molecule has 1 N–H and O–H groups in total. The highest BCUT2D eigenvalue weighted by Crippen LogP contribution is 2.29. The van der Waals surface area contributed by atoms with Crippen molar-refractivity contribution >= 4 is 23.3 Å². The Bertz CT molecular complexity index is 1080. The number of nitriles is 1. The lowest BCUT2D eigenvalue weighted by atomic mass is 9.86. The van der Waals surface area contributed by atoms with Gasteiger partial charge in [-0.1, -0.05) is 44.0 Å². The first-order valence-electron chi connectivity index (χ1n) is 10.3. The lowest BCUT2D eigenvalue weighted by Gasteiger charge is -2.29. The average molecular weight is 417 g/mol. The van der Waals surface area contributed by atoms with E-state index in [1.807, 2.05) is 54.0 Å². The normalized spacial score (nSPS) is 19.3. The van der Waals surface area contributed by atoms with Crippen LogP contribution in [0.1, 0.15) is 38.2 Å². The minimum Gasteiger partial charge on any atom is -0.348 e. The van der Waals surface area contributed by atoms with Gasteiger partial charge in [-0.25, -0.2) is 4.68 Å². The Morgan fingerprint density at radius 3 is 2.73 bits per heavy atom. The summed E-state index contributed by atoms with van der Waals surface area (Å²) in [6.07, 6.45) is 7.94. The predicted molar refractivity (Wildman–Crippen MR) is 120 cm³/mol. The number of hydrogen-bond donors (Lipinski definition) is 1. The fraction of sp³-hybridized carbons (Fsp3) is 0.292. The van der Waals surface area contributed by atoms with Gasteiger partial charge in [-0.3, -0.25) is 4.79 Å². The number of para-hydroxylation sites is 1. The molecule has 1 fully saturated rings. The molecule has 3 aromatic rings. The zero-order valence-corrected chi connectivity index (χ0v) is 17.7. The zero-order chi connectivity index (χ0) is 20.9. The number of carbonyl (C=O) groups excluding carboxylic acids is 1. The Morgan fingerprint density at radius 1 is 1.23 bits per heavy atom. The standard InChI is InChI=1S/C24H24N4OS/c1-17-8-5-6-11-21(17)26-24(29)18(15-25)14-19-16-28(20-9-3-2-4-10-20)27-23(19)22-12-7-13-30-22/h2-4,7,9-10,12-14,16-17,21H,5-6,8,11H2,1H3,(H,26,29)/b18-14-. The van der Waals surface area contributed by atoms with Crippen LogP contribution in [0, 0.1) is 17.2 Å². The second kappa shape index (κ2) is 9.10. The molecule has 1 saturated carbocycles. The summed E-state index contributed by atoms with van der Waals surface area (Å²) >= 11 is 1.58. The zero-order valence-electron chi connectivity index (χ0n) is 16.9. The molecule has 5 nitrogen and oxygen atoms in total. The van der Waals surface area contributed by atoms with Crippen LogP contribution in [-0.2, 0) is 4.79 Å². The van der Waals surface area contributed by atoms with E-state index in [1.54, 1.807) is 22.1 Å². The minimum absolute atomic E-state index is 0.109. The quantitative estimate of drug-likeness (QED) is 0.459. The Hall–Kier alpha value is -3.17. The Morgan fingerprint density at radius 2 is 2.03 bits per heavy atom. The topological polar surface area (TPSA) is 70.7 Å². The van der Waals surface area contributed by atoms with E-state index < -0.39 is 0 Å². The maximum absolute atomic E-state index is 12.8. The molecule has 0 saturated heterocycles. The second-order valence-corrected chi connectivity index (χ2v) is 8.65. The fourth-order valence-corrected chi connectivity index (χ4v) is 4.62. The first kappa shape index (κ1) is 20.1. The summed E-state index contributed by atoms with van der Waals surface area (Å²) < 4.78 is 1.79. The van der Waals surface area contributed by atoms with Gasteiger partial charge in [0.15, 0.2) is 0 Å². The number of benzene rings is 1. The van der Waals surface area contributed by atoms with Crippen molar-refractivity contribution in [2.45, 2.75) is 38.6 Å². The third-order valence-electron chi connectivity index (χ3n) is 5.61. The van der Waals surface area contributed by atoms with Crippen LogP contribution < -0.4 is 5.32 Å². The predicted octanol–water partition coefficient (Wildman–Crippen LogP) is 5.20. The Balaban J connectivity index is 1.67. The molecule has 1 aliphatic carbocycles. The van der Waals surface area contributed by atoms with Crippen molar-refractivity contribution in [3.8, 4) is 22.3 Å². The molecular weight excluding hydrogens is 392 g/mol. The molecular formula is C24H24N4OS. The number of carbonyl (C=O) groups is 1. The molecule has 0 spiro atoms. The monoisotopic (exact) mass is 416 g/mol. The van der Waals surface area contributed by atoms with Crippen LogP contribution >= 0.6 is 11.3 Å². The number of rotatable bonds is 5. The van der Waals surface area contributed by atoms with Crippen LogP contribution in [0.15, 0.2) is 59.6 Å². The van der Waals surface area contributed by atoms with E-state index in [0.717, 1.165) is 41.1 Å². The van der Waals surface area contributed by atoms with Gasteiger partial charge >= 0.3 is 0 Å². The van der Waals surface area contributed by atoms with Gasteiger partial charge in [0.05, 0.1) is 10.6 Å². The van der Waals surface area contributed by atoms with E-state index >= 15 is 0 Å². The Kier molecular flexibility index (Phi) is 6.10. The van der Waals surface area contributed by atoms with Gasteiger partial charge in [-0.15, -0.1) is 11.3 Å². The van der Waals surface area contributed by atoms with Crippen molar-refractivity contribution in [1.29, 1.82) is 5.26 Å². The maximum Gasteiger partial charge on any atom is 0.262 e. The molecule has 1 aliphatic rings. The number of aromatic nitrogens is 2. The van der Waals surface area contributed by atoms with Crippen molar-refractivity contribution in [2.75, 3.05) is 0 Å². The molecule has 0 aliphatic heterocycles. The maximum atomic E-state index is 12.8. The smallest absolute Gasteiger partial charge is 0.262 e. The summed E-state index contributed by atoms with van der Waals surface area (Å²) in [6.45, 7) is 2.17. The number of nitrogens with zero attached hydrogens (tertiary/aromatic N) is 3. The van der Waals surface area contributed by atoms with Crippen molar-refractivity contribution in [1.82, 2.24) is 15.1 Å². The van der Waals surface area contributed by atoms with Crippen LogP contribution in [0.5, 0.6) is 0 Å². The third kappa shape index (κ3) is 4.37. The molecule has 0 radical (unpaired) electrons. The molecule has 2 unspecified atom stereocenters. The van der Waals surface area contributed by atoms with Crippen LogP contribution in [0.25, 0.3) is 22.3 Å². The second-order valence-electron chi connectivity index (χ2n) is 7.70. The van der Waals surface area contributed by atoms with E-state index in [-0.39, 0.29) is 17.5 Å². The minimum atomic E-state index is -0.305. The molecule has 1 amide bonds. The highest BCUT2D eigenvalue weighted by molar-refractivity contribution is 7.13. The van der Waals surface area contributed by atoms with Gasteiger partial charge in [-0.2, -0.15) is 10.4 Å². The summed E-state index contributed by atoms with van der Waals surface area (Å²) in [7, 11) is 0. The lowest BCUT2D eigenvalue weighted by Crippen LogP contribution is -2.41. The number of nitrogens with one attached hydrogen (secondary N) is 1. The number of hydrogen-bond acceptors (Lipinski definition) is 4. The summed E-state index contributed by atoms with van der Waals surface area (Å²) in [4.78, 5) is 13.8. The molecule has 4 rings (SSSR count). The van der Waals surface area contributed by atoms with Crippen molar-refractivity contribution in [2.24, 2.45) is 5.92 Å². The summed E-state index contributed by atoms with van der Waals surface area (Å²) in [6, 6.07) is 16.0. The van der Waals surface area contributed by atoms with Crippen LogP contribution in [0.2, 0.25) is 0 Å². The number of thiophene rings is 1. The van der Waals surface area contributed by atoms with Crippen LogP contribution in [0.3, 0.4) is 0 Å². The first-order chi connectivity index (χ1) is 14.7. The lowest BCUT2D eigenvalue weighted by molar-refractivity contribution is -0.118. The van der Waals surface area contributed by atoms with Gasteiger partial charge in [0.2, 0.25) is 0 Å².